The Bertz CT molecular complexity index is 827. The molecule has 3 rings (SSSR count). The molecule has 10 heteroatoms. The van der Waals surface area contributed by atoms with E-state index in [1.54, 1.807) is 0 Å². The van der Waals surface area contributed by atoms with Gasteiger partial charge in [-0.15, -0.1) is 0 Å². The SMILES string of the molecule is COc1c(Nc2ccc(Br)nc2C)ncnc1OC1CCN(C(=O)O)CC1. The number of halogens is 1. The van der Waals surface area contributed by atoms with Crippen molar-refractivity contribution in [2.75, 3.05) is 25.5 Å². The summed E-state index contributed by atoms with van der Waals surface area (Å²) in [6, 6.07) is 3.72. The molecule has 1 aliphatic rings. The summed E-state index contributed by atoms with van der Waals surface area (Å²) in [5.74, 6) is 1.18. The maximum absolute atomic E-state index is 11.0. The molecule has 0 bridgehead atoms. The van der Waals surface area contributed by atoms with Crippen molar-refractivity contribution in [3.63, 3.8) is 0 Å². The average Bonchev–Trinajstić information content (AvgIpc) is 2.65. The van der Waals surface area contributed by atoms with Gasteiger partial charge in [-0.2, -0.15) is 4.98 Å². The molecule has 2 N–H and O–H groups in total. The van der Waals surface area contributed by atoms with Crippen molar-refractivity contribution in [3.8, 4) is 11.6 Å². The standard InChI is InChI=1S/C17H20BrN5O4/c1-10-12(3-4-13(18)21-10)22-15-14(26-2)16(20-9-19-15)27-11-5-7-23(8-6-11)17(24)25/h3-4,9,11H,5-8H2,1-2H3,(H,24,25)(H,19,20,22). The molecule has 1 fully saturated rings. The molecule has 1 aliphatic heterocycles. The maximum atomic E-state index is 11.0. The van der Waals surface area contributed by atoms with Gasteiger partial charge in [0.2, 0.25) is 5.75 Å². The van der Waals surface area contributed by atoms with Crippen molar-refractivity contribution in [2.45, 2.75) is 25.9 Å². The van der Waals surface area contributed by atoms with Crippen molar-refractivity contribution in [1.29, 1.82) is 0 Å². The van der Waals surface area contributed by atoms with E-state index >= 15 is 0 Å². The monoisotopic (exact) mass is 437 g/mol. The minimum absolute atomic E-state index is 0.131. The second kappa shape index (κ2) is 8.38. The molecule has 1 saturated heterocycles. The van der Waals surface area contributed by atoms with Crippen molar-refractivity contribution in [2.24, 2.45) is 0 Å². The van der Waals surface area contributed by atoms with Crippen molar-refractivity contribution >= 4 is 33.5 Å². The molecule has 0 unspecified atom stereocenters. The topological polar surface area (TPSA) is 110 Å². The van der Waals surface area contributed by atoms with Gasteiger partial charge < -0.3 is 24.8 Å². The fourth-order valence-corrected chi connectivity index (χ4v) is 3.23. The molecular weight excluding hydrogens is 418 g/mol. The molecular formula is C17H20BrN5O4. The highest BCUT2D eigenvalue weighted by atomic mass is 79.9. The Morgan fingerprint density at radius 3 is 2.70 bits per heavy atom. The van der Waals surface area contributed by atoms with Gasteiger partial charge in [-0.05, 0) is 35.0 Å². The Morgan fingerprint density at radius 2 is 2.07 bits per heavy atom. The first kappa shape index (κ1) is 19.2. The summed E-state index contributed by atoms with van der Waals surface area (Å²) in [6.07, 6.45) is 1.55. The van der Waals surface area contributed by atoms with E-state index in [0.29, 0.717) is 43.4 Å². The van der Waals surface area contributed by atoms with E-state index in [2.05, 4.69) is 36.2 Å². The van der Waals surface area contributed by atoms with Crippen molar-refractivity contribution in [3.05, 3.63) is 28.8 Å². The number of likely N-dealkylation sites (tertiary alicyclic amines) is 1. The summed E-state index contributed by atoms with van der Waals surface area (Å²) in [7, 11) is 1.52. The number of nitrogens with zero attached hydrogens (tertiary/aromatic N) is 4. The van der Waals surface area contributed by atoms with Crippen LogP contribution in [-0.4, -0.2) is 57.4 Å². The lowest BCUT2D eigenvalue weighted by molar-refractivity contribution is 0.0852. The van der Waals surface area contributed by atoms with Gasteiger partial charge in [0.05, 0.1) is 18.5 Å². The van der Waals surface area contributed by atoms with E-state index < -0.39 is 6.09 Å². The molecule has 0 spiro atoms. The number of hydrogen-bond donors (Lipinski definition) is 2. The summed E-state index contributed by atoms with van der Waals surface area (Å²) in [4.78, 5) is 25.2. The lowest BCUT2D eigenvalue weighted by Gasteiger charge is -2.30. The van der Waals surface area contributed by atoms with E-state index in [4.69, 9.17) is 14.6 Å². The number of anilines is 2. The van der Waals surface area contributed by atoms with Crippen LogP contribution in [0.5, 0.6) is 11.6 Å². The molecule has 0 radical (unpaired) electrons. The highest BCUT2D eigenvalue weighted by Crippen LogP contribution is 2.35. The third-order valence-corrected chi connectivity index (χ3v) is 4.71. The van der Waals surface area contributed by atoms with Gasteiger partial charge in [-0.25, -0.2) is 14.8 Å². The zero-order valence-corrected chi connectivity index (χ0v) is 16.6. The lowest BCUT2D eigenvalue weighted by atomic mass is 10.1. The van der Waals surface area contributed by atoms with Gasteiger partial charge in [-0.1, -0.05) is 0 Å². The number of methoxy groups -OCH3 is 1. The number of piperidine rings is 1. The molecule has 0 aliphatic carbocycles. The Kier molecular flexibility index (Phi) is 5.94. The molecule has 2 aromatic rings. The summed E-state index contributed by atoms with van der Waals surface area (Å²) >= 11 is 3.34. The van der Waals surface area contributed by atoms with Gasteiger partial charge >= 0.3 is 6.09 Å². The predicted octanol–water partition coefficient (Wildman–Crippen LogP) is 3.22. The first-order valence-corrected chi connectivity index (χ1v) is 9.21. The number of pyridine rings is 1. The van der Waals surface area contributed by atoms with Crippen molar-refractivity contribution in [1.82, 2.24) is 19.9 Å². The molecule has 144 valence electrons. The highest BCUT2D eigenvalue weighted by Gasteiger charge is 2.25. The van der Waals surface area contributed by atoms with Crippen LogP contribution in [0.2, 0.25) is 0 Å². The molecule has 0 atom stereocenters. The fraction of sp³-hybridized carbons (Fsp3) is 0.412. The highest BCUT2D eigenvalue weighted by molar-refractivity contribution is 9.10. The smallest absolute Gasteiger partial charge is 0.407 e. The Morgan fingerprint density at radius 1 is 1.33 bits per heavy atom. The normalized spacial score (nSPS) is 14.7. The third kappa shape index (κ3) is 4.57. The average molecular weight is 438 g/mol. The number of ether oxygens (including phenoxy) is 2. The molecule has 3 heterocycles. The minimum atomic E-state index is -0.905. The zero-order valence-electron chi connectivity index (χ0n) is 15.0. The number of hydrogen-bond acceptors (Lipinski definition) is 7. The van der Waals surface area contributed by atoms with Crippen LogP contribution in [-0.2, 0) is 0 Å². The second-order valence-electron chi connectivity index (χ2n) is 6.04. The number of aryl methyl sites for hydroxylation is 1. The summed E-state index contributed by atoms with van der Waals surface area (Å²) < 4.78 is 12.2. The van der Waals surface area contributed by atoms with E-state index in [0.717, 1.165) is 16.0 Å². The Balaban J connectivity index is 1.75. The van der Waals surface area contributed by atoms with Crippen LogP contribution in [0.25, 0.3) is 0 Å². The summed E-state index contributed by atoms with van der Waals surface area (Å²) in [6.45, 7) is 2.75. The number of carboxylic acid groups (broad SMARTS) is 1. The van der Waals surface area contributed by atoms with Gasteiger partial charge in [0.1, 0.15) is 17.0 Å². The number of rotatable bonds is 5. The van der Waals surface area contributed by atoms with E-state index in [9.17, 15) is 4.79 Å². The molecule has 2 aromatic heterocycles. The van der Waals surface area contributed by atoms with Crippen LogP contribution >= 0.6 is 15.9 Å². The predicted molar refractivity (Wildman–Crippen MR) is 102 cm³/mol. The van der Waals surface area contributed by atoms with Crippen LogP contribution in [0.1, 0.15) is 18.5 Å². The van der Waals surface area contributed by atoms with Crippen LogP contribution < -0.4 is 14.8 Å². The maximum Gasteiger partial charge on any atom is 0.407 e. The van der Waals surface area contributed by atoms with Crippen LogP contribution in [0, 0.1) is 6.92 Å². The largest absolute Gasteiger partial charge is 0.489 e. The second-order valence-corrected chi connectivity index (χ2v) is 6.85. The Hall–Kier alpha value is -2.62. The molecule has 9 nitrogen and oxygen atoms in total. The van der Waals surface area contributed by atoms with Crippen LogP contribution in [0.3, 0.4) is 0 Å². The molecule has 27 heavy (non-hydrogen) atoms. The quantitative estimate of drug-likeness (QED) is 0.685. The van der Waals surface area contributed by atoms with E-state index in [1.165, 1.54) is 18.3 Å². The first-order valence-electron chi connectivity index (χ1n) is 8.41. The molecule has 1 amide bonds. The number of carbonyl (C=O) groups is 1. The number of aromatic nitrogens is 3. The van der Waals surface area contributed by atoms with Gasteiger partial charge in [0, 0.05) is 25.9 Å². The summed E-state index contributed by atoms with van der Waals surface area (Å²) in [5.41, 5.74) is 1.59. The zero-order chi connectivity index (χ0) is 19.4. The first-order chi connectivity index (χ1) is 13.0. The number of nitrogens with one attached hydrogen (secondary N) is 1. The lowest BCUT2D eigenvalue weighted by Crippen LogP contribution is -2.41. The van der Waals surface area contributed by atoms with Crippen LogP contribution in [0.4, 0.5) is 16.3 Å². The molecule has 0 saturated carbocycles. The number of amides is 1. The minimum Gasteiger partial charge on any atom is -0.489 e. The fourth-order valence-electron chi connectivity index (χ4n) is 2.83. The van der Waals surface area contributed by atoms with Crippen molar-refractivity contribution < 1.29 is 19.4 Å². The Labute approximate surface area is 164 Å². The van der Waals surface area contributed by atoms with Crippen LogP contribution in [0.15, 0.2) is 23.1 Å². The van der Waals surface area contributed by atoms with Gasteiger partial charge in [0.25, 0.3) is 5.88 Å². The summed E-state index contributed by atoms with van der Waals surface area (Å²) in [5, 5.41) is 12.2. The molecule has 0 aromatic carbocycles. The third-order valence-electron chi connectivity index (χ3n) is 4.27. The van der Waals surface area contributed by atoms with E-state index in [1.807, 2.05) is 19.1 Å². The van der Waals surface area contributed by atoms with Gasteiger partial charge in [-0.3, -0.25) is 0 Å². The van der Waals surface area contributed by atoms with E-state index in [-0.39, 0.29) is 6.10 Å². The van der Waals surface area contributed by atoms with Gasteiger partial charge in [0.15, 0.2) is 5.82 Å².